The van der Waals surface area contributed by atoms with Crippen molar-refractivity contribution in [3.8, 4) is 0 Å². The van der Waals surface area contributed by atoms with Gasteiger partial charge in [-0.2, -0.15) is 0 Å². The highest BCUT2D eigenvalue weighted by molar-refractivity contribution is 6.20. The molecule has 0 spiro atoms. The van der Waals surface area contributed by atoms with Gasteiger partial charge in [0.15, 0.2) is 0 Å². The van der Waals surface area contributed by atoms with Crippen molar-refractivity contribution < 1.29 is 0 Å². The van der Waals surface area contributed by atoms with Gasteiger partial charge in [0.05, 0.1) is 0 Å². The van der Waals surface area contributed by atoms with E-state index in [9.17, 15) is 0 Å². The van der Waals surface area contributed by atoms with Crippen molar-refractivity contribution in [2.45, 2.75) is 58.3 Å². The second kappa shape index (κ2) is 6.97. The van der Waals surface area contributed by atoms with Crippen molar-refractivity contribution >= 4 is 11.6 Å². The second-order valence-corrected chi connectivity index (χ2v) is 3.92. The van der Waals surface area contributed by atoms with Crippen LogP contribution in [0, 0.1) is 5.92 Å². The van der Waals surface area contributed by atoms with Gasteiger partial charge in [-0.1, -0.05) is 40.0 Å². The molecule has 0 bridgehead atoms. The fourth-order valence-corrected chi connectivity index (χ4v) is 1.88. The van der Waals surface area contributed by atoms with Crippen LogP contribution in [0.15, 0.2) is 0 Å². The normalized spacial score (nSPS) is 13.9. The molecule has 0 fully saturated rings. The van der Waals surface area contributed by atoms with Gasteiger partial charge in [0.2, 0.25) is 0 Å². The maximum Gasteiger partial charge on any atom is 0.0338 e. The highest BCUT2D eigenvalue weighted by Gasteiger charge is 2.09. The zero-order valence-electron chi connectivity index (χ0n) is 8.07. The van der Waals surface area contributed by atoms with E-state index in [-0.39, 0.29) is 0 Å². The summed E-state index contributed by atoms with van der Waals surface area (Å²) in [6.07, 6.45) is 6.17. The van der Waals surface area contributed by atoms with Gasteiger partial charge in [0.1, 0.15) is 0 Å². The summed E-state index contributed by atoms with van der Waals surface area (Å²) in [5, 5.41) is 0.421. The summed E-state index contributed by atoms with van der Waals surface area (Å²) in [6.45, 7) is 6.70. The molecule has 0 heterocycles. The van der Waals surface area contributed by atoms with Crippen molar-refractivity contribution in [3.05, 3.63) is 0 Å². The van der Waals surface area contributed by atoms with Crippen molar-refractivity contribution in [1.82, 2.24) is 0 Å². The van der Waals surface area contributed by atoms with E-state index in [2.05, 4.69) is 20.8 Å². The summed E-state index contributed by atoms with van der Waals surface area (Å²) >= 11 is 6.13. The molecule has 1 heteroatoms. The Morgan fingerprint density at radius 3 is 2.00 bits per heavy atom. The number of hydrogen-bond donors (Lipinski definition) is 0. The average Bonchev–Trinajstić information content (AvgIpc) is 2.01. The van der Waals surface area contributed by atoms with E-state index in [1.165, 1.54) is 32.1 Å². The van der Waals surface area contributed by atoms with Crippen LogP contribution in [0.4, 0.5) is 0 Å². The molecule has 0 aliphatic rings. The minimum Gasteiger partial charge on any atom is -0.123 e. The summed E-state index contributed by atoms with van der Waals surface area (Å²) in [7, 11) is 0. The lowest BCUT2D eigenvalue weighted by atomic mass is 9.96. The zero-order valence-corrected chi connectivity index (χ0v) is 8.82. The van der Waals surface area contributed by atoms with Crippen molar-refractivity contribution in [2.24, 2.45) is 5.92 Å². The first-order chi connectivity index (χ1) is 5.24. The number of hydrogen-bond acceptors (Lipinski definition) is 0. The first kappa shape index (κ1) is 11.3. The van der Waals surface area contributed by atoms with Crippen molar-refractivity contribution in [2.75, 3.05) is 0 Å². The Morgan fingerprint density at radius 2 is 1.64 bits per heavy atom. The van der Waals surface area contributed by atoms with E-state index in [0.717, 1.165) is 5.92 Å². The Bertz CT molecular complexity index is 76.9. The summed E-state index contributed by atoms with van der Waals surface area (Å²) in [5.74, 6) is 0.851. The zero-order chi connectivity index (χ0) is 8.69. The topological polar surface area (TPSA) is 0 Å². The van der Waals surface area contributed by atoms with E-state index in [1.807, 2.05) is 0 Å². The molecule has 0 aliphatic carbocycles. The SMILES string of the molecule is CCCC(Cl)CC(CC)CC. The molecule has 0 aromatic carbocycles. The summed E-state index contributed by atoms with van der Waals surface area (Å²) in [6, 6.07) is 0. The molecular weight excluding hydrogens is 156 g/mol. The van der Waals surface area contributed by atoms with Crippen LogP contribution >= 0.6 is 11.6 Å². The standard InChI is InChI=1S/C10H21Cl/c1-4-7-10(11)8-9(5-2)6-3/h9-10H,4-8H2,1-3H3. The number of rotatable bonds is 6. The fourth-order valence-electron chi connectivity index (χ4n) is 1.41. The average molecular weight is 177 g/mol. The quantitative estimate of drug-likeness (QED) is 0.532. The maximum atomic E-state index is 6.13. The highest BCUT2D eigenvalue weighted by atomic mass is 35.5. The first-order valence-electron chi connectivity index (χ1n) is 4.88. The number of alkyl halides is 1. The summed E-state index contributed by atoms with van der Waals surface area (Å²) in [5.41, 5.74) is 0. The smallest absolute Gasteiger partial charge is 0.0338 e. The van der Waals surface area contributed by atoms with E-state index in [0.29, 0.717) is 5.38 Å². The van der Waals surface area contributed by atoms with Gasteiger partial charge in [-0.15, -0.1) is 11.6 Å². The number of halogens is 1. The molecule has 1 unspecified atom stereocenters. The van der Waals surface area contributed by atoms with Gasteiger partial charge < -0.3 is 0 Å². The molecule has 0 nitrogen and oxygen atoms in total. The third kappa shape index (κ3) is 5.55. The predicted octanol–water partition coefficient (Wildman–Crippen LogP) is 4.22. The fraction of sp³-hybridized carbons (Fsp3) is 1.00. The lowest BCUT2D eigenvalue weighted by Gasteiger charge is -2.15. The van der Waals surface area contributed by atoms with Gasteiger partial charge in [-0.3, -0.25) is 0 Å². The highest BCUT2D eigenvalue weighted by Crippen LogP contribution is 2.20. The Hall–Kier alpha value is 0.290. The van der Waals surface area contributed by atoms with Gasteiger partial charge >= 0.3 is 0 Å². The van der Waals surface area contributed by atoms with E-state index in [1.54, 1.807) is 0 Å². The van der Waals surface area contributed by atoms with Crippen molar-refractivity contribution in [1.29, 1.82) is 0 Å². The lowest BCUT2D eigenvalue weighted by Crippen LogP contribution is -2.06. The third-order valence-electron chi connectivity index (χ3n) is 2.35. The molecule has 1 atom stereocenters. The van der Waals surface area contributed by atoms with Crippen LogP contribution in [0.2, 0.25) is 0 Å². The minimum atomic E-state index is 0.421. The lowest BCUT2D eigenvalue weighted by molar-refractivity contribution is 0.437. The van der Waals surface area contributed by atoms with Gasteiger partial charge in [-0.05, 0) is 18.8 Å². The monoisotopic (exact) mass is 176 g/mol. The van der Waals surface area contributed by atoms with Gasteiger partial charge in [-0.25, -0.2) is 0 Å². The molecule has 0 aliphatic heterocycles. The Morgan fingerprint density at radius 1 is 1.09 bits per heavy atom. The van der Waals surface area contributed by atoms with E-state index in [4.69, 9.17) is 11.6 Å². The van der Waals surface area contributed by atoms with Crippen LogP contribution in [-0.2, 0) is 0 Å². The molecule has 0 aromatic rings. The molecule has 68 valence electrons. The molecular formula is C10H21Cl. The molecule has 0 saturated carbocycles. The molecule has 11 heavy (non-hydrogen) atoms. The maximum absolute atomic E-state index is 6.13. The van der Waals surface area contributed by atoms with Crippen LogP contribution in [0.25, 0.3) is 0 Å². The van der Waals surface area contributed by atoms with Gasteiger partial charge in [0, 0.05) is 5.38 Å². The summed E-state index contributed by atoms with van der Waals surface area (Å²) < 4.78 is 0. The molecule has 0 saturated heterocycles. The Kier molecular flexibility index (Phi) is 7.15. The van der Waals surface area contributed by atoms with E-state index < -0.39 is 0 Å². The molecule has 0 N–H and O–H groups in total. The van der Waals surface area contributed by atoms with Gasteiger partial charge in [0.25, 0.3) is 0 Å². The minimum absolute atomic E-state index is 0.421. The van der Waals surface area contributed by atoms with Crippen LogP contribution in [0.5, 0.6) is 0 Å². The second-order valence-electron chi connectivity index (χ2n) is 3.30. The molecule has 0 aromatic heterocycles. The Balaban J connectivity index is 3.44. The summed E-state index contributed by atoms with van der Waals surface area (Å²) in [4.78, 5) is 0. The van der Waals surface area contributed by atoms with Crippen molar-refractivity contribution in [3.63, 3.8) is 0 Å². The van der Waals surface area contributed by atoms with Crippen LogP contribution in [0.3, 0.4) is 0 Å². The Labute approximate surface area is 76.3 Å². The third-order valence-corrected chi connectivity index (χ3v) is 2.74. The molecule has 0 rings (SSSR count). The largest absolute Gasteiger partial charge is 0.123 e. The molecule has 0 radical (unpaired) electrons. The molecule has 0 amide bonds. The van der Waals surface area contributed by atoms with Crippen LogP contribution in [0.1, 0.15) is 52.9 Å². The predicted molar refractivity (Wildman–Crippen MR) is 53.2 cm³/mol. The first-order valence-corrected chi connectivity index (χ1v) is 5.32. The van der Waals surface area contributed by atoms with Crippen LogP contribution < -0.4 is 0 Å². The van der Waals surface area contributed by atoms with E-state index >= 15 is 0 Å². The van der Waals surface area contributed by atoms with Crippen LogP contribution in [-0.4, -0.2) is 5.38 Å².